The second kappa shape index (κ2) is 2.35. The van der Waals surface area contributed by atoms with Crippen LogP contribution in [0.1, 0.15) is 19.3 Å². The Morgan fingerprint density at radius 1 is 1.40 bits per heavy atom. The van der Waals surface area contributed by atoms with Crippen molar-refractivity contribution in [3.63, 3.8) is 0 Å². The van der Waals surface area contributed by atoms with Gasteiger partial charge in [-0.3, -0.25) is 4.79 Å². The molecule has 2 fully saturated rings. The number of hydrogen-bond acceptors (Lipinski definition) is 2. The first-order valence-corrected chi connectivity index (χ1v) is 4.11. The molecule has 2 aliphatic rings. The van der Waals surface area contributed by atoms with Gasteiger partial charge in [0.1, 0.15) is 5.78 Å². The lowest BCUT2D eigenvalue weighted by molar-refractivity contribution is -0.125. The summed E-state index contributed by atoms with van der Waals surface area (Å²) in [4.78, 5) is 11.2. The quantitative estimate of drug-likeness (QED) is 0.531. The van der Waals surface area contributed by atoms with Crippen molar-refractivity contribution in [1.29, 1.82) is 0 Å². The summed E-state index contributed by atoms with van der Waals surface area (Å²) in [5.41, 5.74) is 0. The maximum absolute atomic E-state index is 11.2. The van der Waals surface area contributed by atoms with Crippen LogP contribution in [0.4, 0.5) is 0 Å². The molecule has 1 aliphatic carbocycles. The summed E-state index contributed by atoms with van der Waals surface area (Å²) >= 11 is 0. The molecular formula is C8H13NO. The Balaban J connectivity index is 2.10. The molecule has 2 heteroatoms. The Morgan fingerprint density at radius 3 is 3.10 bits per heavy atom. The molecule has 0 aromatic rings. The van der Waals surface area contributed by atoms with Gasteiger partial charge in [0.2, 0.25) is 0 Å². The van der Waals surface area contributed by atoms with Gasteiger partial charge in [-0.15, -0.1) is 0 Å². The molecule has 10 heavy (non-hydrogen) atoms. The molecule has 2 atom stereocenters. The number of fused-ring (bicyclic) bond motifs is 1. The third-order valence-corrected chi connectivity index (χ3v) is 2.75. The first-order valence-electron chi connectivity index (χ1n) is 4.11. The fourth-order valence-electron chi connectivity index (χ4n) is 2.14. The predicted molar refractivity (Wildman–Crippen MR) is 38.7 cm³/mol. The Morgan fingerprint density at radius 2 is 2.30 bits per heavy atom. The van der Waals surface area contributed by atoms with E-state index in [1.807, 2.05) is 0 Å². The highest BCUT2D eigenvalue weighted by atomic mass is 16.1. The van der Waals surface area contributed by atoms with Crippen molar-refractivity contribution in [2.45, 2.75) is 19.3 Å². The minimum Gasteiger partial charge on any atom is -0.316 e. The maximum atomic E-state index is 11.2. The molecule has 1 aliphatic heterocycles. The number of rotatable bonds is 0. The average molecular weight is 139 g/mol. The summed E-state index contributed by atoms with van der Waals surface area (Å²) in [6.07, 6.45) is 3.23. The standard InChI is InChI=1S/C8H13NO/c10-8-3-1-2-6-4-9-5-7(6)8/h6-7,9H,1-5H2/t6-,7+/m1/s1. The van der Waals surface area contributed by atoms with Gasteiger partial charge in [-0.05, 0) is 25.3 Å². The van der Waals surface area contributed by atoms with Crippen molar-refractivity contribution < 1.29 is 4.79 Å². The van der Waals surface area contributed by atoms with Crippen LogP contribution in [-0.4, -0.2) is 18.9 Å². The van der Waals surface area contributed by atoms with Gasteiger partial charge in [-0.1, -0.05) is 0 Å². The van der Waals surface area contributed by atoms with Crippen molar-refractivity contribution in [1.82, 2.24) is 5.32 Å². The molecule has 56 valence electrons. The molecule has 0 spiro atoms. The minimum absolute atomic E-state index is 0.383. The summed E-state index contributed by atoms with van der Waals surface area (Å²) in [6.45, 7) is 2.03. The molecule has 1 N–H and O–H groups in total. The molecule has 2 rings (SSSR count). The Labute approximate surface area is 61.0 Å². The molecule has 1 saturated heterocycles. The smallest absolute Gasteiger partial charge is 0.137 e. The van der Waals surface area contributed by atoms with Crippen LogP contribution in [-0.2, 0) is 4.79 Å². The molecule has 1 saturated carbocycles. The van der Waals surface area contributed by atoms with Gasteiger partial charge >= 0.3 is 0 Å². The summed E-state index contributed by atoms with van der Waals surface area (Å²) in [5, 5.41) is 3.27. The van der Waals surface area contributed by atoms with Gasteiger partial charge < -0.3 is 5.32 Å². The lowest BCUT2D eigenvalue weighted by Crippen LogP contribution is -2.26. The van der Waals surface area contributed by atoms with Crippen LogP contribution in [0.2, 0.25) is 0 Å². The fourth-order valence-corrected chi connectivity index (χ4v) is 2.14. The van der Waals surface area contributed by atoms with Crippen molar-refractivity contribution in [3.05, 3.63) is 0 Å². The number of hydrogen-bond donors (Lipinski definition) is 1. The van der Waals surface area contributed by atoms with Crippen LogP contribution in [0.25, 0.3) is 0 Å². The van der Waals surface area contributed by atoms with Crippen molar-refractivity contribution >= 4 is 5.78 Å². The van der Waals surface area contributed by atoms with Crippen molar-refractivity contribution in [2.24, 2.45) is 11.8 Å². The highest BCUT2D eigenvalue weighted by molar-refractivity contribution is 5.82. The van der Waals surface area contributed by atoms with Crippen LogP contribution in [0.3, 0.4) is 0 Å². The normalized spacial score (nSPS) is 39.8. The number of Topliss-reactive ketones (excluding diaryl/α,β-unsaturated/α-hetero) is 1. The lowest BCUT2D eigenvalue weighted by Gasteiger charge is -2.21. The minimum atomic E-state index is 0.383. The van der Waals surface area contributed by atoms with Crippen LogP contribution in [0.15, 0.2) is 0 Å². The lowest BCUT2D eigenvalue weighted by atomic mass is 9.81. The van der Waals surface area contributed by atoms with E-state index in [4.69, 9.17) is 0 Å². The molecular weight excluding hydrogens is 126 g/mol. The van der Waals surface area contributed by atoms with E-state index in [0.29, 0.717) is 17.6 Å². The van der Waals surface area contributed by atoms with Crippen LogP contribution in [0, 0.1) is 11.8 Å². The van der Waals surface area contributed by atoms with E-state index < -0.39 is 0 Å². The fraction of sp³-hybridized carbons (Fsp3) is 0.875. The number of carbonyl (C=O) groups excluding carboxylic acids is 1. The van der Waals surface area contributed by atoms with Gasteiger partial charge in [0.25, 0.3) is 0 Å². The molecule has 0 unspecified atom stereocenters. The maximum Gasteiger partial charge on any atom is 0.137 e. The van der Waals surface area contributed by atoms with E-state index in [-0.39, 0.29) is 0 Å². The number of ketones is 1. The first-order chi connectivity index (χ1) is 4.88. The monoisotopic (exact) mass is 139 g/mol. The molecule has 0 aromatic heterocycles. The summed E-state index contributed by atoms with van der Waals surface area (Å²) in [5.74, 6) is 1.57. The Kier molecular flexibility index (Phi) is 1.49. The van der Waals surface area contributed by atoms with Crippen LogP contribution < -0.4 is 5.32 Å². The van der Waals surface area contributed by atoms with E-state index in [0.717, 1.165) is 25.9 Å². The third-order valence-electron chi connectivity index (χ3n) is 2.75. The largest absolute Gasteiger partial charge is 0.316 e. The summed E-state index contributed by atoms with van der Waals surface area (Å²) in [6, 6.07) is 0. The summed E-state index contributed by atoms with van der Waals surface area (Å²) in [7, 11) is 0. The molecule has 1 heterocycles. The number of carbonyl (C=O) groups is 1. The molecule has 2 nitrogen and oxygen atoms in total. The van der Waals surface area contributed by atoms with E-state index in [1.165, 1.54) is 6.42 Å². The highest BCUT2D eigenvalue weighted by Gasteiger charge is 2.34. The zero-order valence-electron chi connectivity index (χ0n) is 6.10. The van der Waals surface area contributed by atoms with Crippen LogP contribution >= 0.6 is 0 Å². The van der Waals surface area contributed by atoms with Gasteiger partial charge in [-0.25, -0.2) is 0 Å². The molecule has 0 amide bonds. The average Bonchev–Trinajstić information content (AvgIpc) is 2.36. The van der Waals surface area contributed by atoms with E-state index in [9.17, 15) is 4.79 Å². The number of nitrogens with one attached hydrogen (secondary N) is 1. The molecule has 0 bridgehead atoms. The third kappa shape index (κ3) is 0.870. The van der Waals surface area contributed by atoms with Gasteiger partial charge in [0.15, 0.2) is 0 Å². The SMILES string of the molecule is O=C1CCC[C@@H]2CNC[C@H]12. The topological polar surface area (TPSA) is 29.1 Å². The zero-order chi connectivity index (χ0) is 6.97. The van der Waals surface area contributed by atoms with Crippen molar-refractivity contribution in [3.8, 4) is 0 Å². The van der Waals surface area contributed by atoms with E-state index in [2.05, 4.69) is 5.32 Å². The predicted octanol–water partition coefficient (Wildman–Crippen LogP) is 0.575. The second-order valence-electron chi connectivity index (χ2n) is 3.38. The van der Waals surface area contributed by atoms with E-state index in [1.54, 1.807) is 0 Å². The van der Waals surface area contributed by atoms with Crippen molar-refractivity contribution in [2.75, 3.05) is 13.1 Å². The first kappa shape index (κ1) is 6.35. The molecule has 0 radical (unpaired) electrons. The van der Waals surface area contributed by atoms with Gasteiger partial charge in [-0.2, -0.15) is 0 Å². The summed E-state index contributed by atoms with van der Waals surface area (Å²) < 4.78 is 0. The van der Waals surface area contributed by atoms with Gasteiger partial charge in [0, 0.05) is 18.9 Å². The van der Waals surface area contributed by atoms with Crippen LogP contribution in [0.5, 0.6) is 0 Å². The van der Waals surface area contributed by atoms with E-state index >= 15 is 0 Å². The highest BCUT2D eigenvalue weighted by Crippen LogP contribution is 2.29. The Bertz CT molecular complexity index is 155. The Hall–Kier alpha value is -0.370. The second-order valence-corrected chi connectivity index (χ2v) is 3.38. The van der Waals surface area contributed by atoms with Gasteiger partial charge in [0.05, 0.1) is 0 Å². The molecule has 0 aromatic carbocycles. The zero-order valence-corrected chi connectivity index (χ0v) is 6.10.